The van der Waals surface area contributed by atoms with Crippen LogP contribution < -0.4 is 21.7 Å². The van der Waals surface area contributed by atoms with Gasteiger partial charge in [-0.1, -0.05) is 66.5 Å². The lowest BCUT2D eigenvalue weighted by atomic mass is 9.88. The minimum Gasteiger partial charge on any atom is -0.461 e. The van der Waals surface area contributed by atoms with E-state index in [9.17, 15) is 41.9 Å². The second-order valence-corrected chi connectivity index (χ2v) is 14.5. The molecule has 1 aliphatic rings. The number of halogens is 3. The second-order valence-electron chi connectivity index (χ2n) is 14.5. The molecule has 0 spiro atoms. The zero-order valence-electron chi connectivity index (χ0n) is 31.1. The standard InChI is InChI=1S/C37H56F3N5O7/c1-22(2)28-20-31(47)45(34(28)49)18-9-7-8-12-30(37(38,39)40)44-32(23(3)4)29(46)19-26(11-10-17-42-36(41)51)33(48)43-27-15-13-25(14-16-27)21-52-35(50)24(5)6/h13-16,22-24,26,28,30,32,44H,7-12,17-21H2,1-6H3,(H,43,48)(H3,41,42,51). The van der Waals surface area contributed by atoms with Crippen LogP contribution in [0, 0.1) is 29.6 Å². The van der Waals surface area contributed by atoms with Crippen LogP contribution in [0.5, 0.6) is 0 Å². The Morgan fingerprint density at radius 3 is 2.13 bits per heavy atom. The molecule has 0 bridgehead atoms. The number of anilines is 1. The zero-order valence-corrected chi connectivity index (χ0v) is 31.1. The number of amides is 5. The Bertz CT molecular complexity index is 1370. The van der Waals surface area contributed by atoms with Gasteiger partial charge in [0.25, 0.3) is 0 Å². The number of carbonyl (C=O) groups is 6. The fourth-order valence-electron chi connectivity index (χ4n) is 5.98. The number of imide groups is 1. The molecule has 292 valence electrons. The molecule has 2 rings (SSSR count). The first kappa shape index (κ1) is 44.2. The van der Waals surface area contributed by atoms with E-state index in [0.717, 1.165) is 0 Å². The summed E-state index contributed by atoms with van der Waals surface area (Å²) in [5, 5.41) is 7.72. The molecule has 5 N–H and O–H groups in total. The number of carbonyl (C=O) groups excluding carboxylic acids is 6. The third-order valence-electron chi connectivity index (χ3n) is 9.17. The third-order valence-corrected chi connectivity index (χ3v) is 9.17. The maximum atomic E-state index is 14.2. The van der Waals surface area contributed by atoms with Crippen LogP contribution in [0.1, 0.15) is 98.5 Å². The van der Waals surface area contributed by atoms with Gasteiger partial charge in [-0.05, 0) is 55.2 Å². The number of esters is 1. The van der Waals surface area contributed by atoms with Gasteiger partial charge in [-0.25, -0.2) is 4.79 Å². The number of unbranched alkanes of at least 4 members (excludes halogenated alkanes) is 2. The highest BCUT2D eigenvalue weighted by molar-refractivity contribution is 6.03. The molecule has 5 amide bonds. The number of likely N-dealkylation sites (tertiary alicyclic amines) is 1. The molecule has 0 radical (unpaired) electrons. The first-order valence-corrected chi connectivity index (χ1v) is 18.1. The van der Waals surface area contributed by atoms with E-state index in [4.69, 9.17) is 10.5 Å². The molecule has 1 aliphatic heterocycles. The number of nitrogens with two attached hydrogens (primary N) is 1. The van der Waals surface area contributed by atoms with Crippen molar-refractivity contribution in [3.8, 4) is 0 Å². The van der Waals surface area contributed by atoms with E-state index < -0.39 is 47.8 Å². The van der Waals surface area contributed by atoms with E-state index in [1.165, 1.54) is 4.90 Å². The predicted molar refractivity (Wildman–Crippen MR) is 189 cm³/mol. The van der Waals surface area contributed by atoms with Crippen molar-refractivity contribution in [2.75, 3.05) is 18.4 Å². The number of ether oxygens (including phenoxy) is 1. The van der Waals surface area contributed by atoms with Gasteiger partial charge in [-0.15, -0.1) is 0 Å². The van der Waals surface area contributed by atoms with Crippen LogP contribution in [0.4, 0.5) is 23.7 Å². The first-order valence-electron chi connectivity index (χ1n) is 18.1. The van der Waals surface area contributed by atoms with E-state index in [0.29, 0.717) is 24.1 Å². The number of ketones is 1. The summed E-state index contributed by atoms with van der Waals surface area (Å²) in [6.45, 7) is 10.8. The minimum atomic E-state index is -4.66. The van der Waals surface area contributed by atoms with Gasteiger partial charge in [0.15, 0.2) is 5.78 Å². The van der Waals surface area contributed by atoms with E-state index in [-0.39, 0.29) is 93.8 Å². The molecule has 0 aliphatic carbocycles. The fourth-order valence-corrected chi connectivity index (χ4v) is 5.98. The van der Waals surface area contributed by atoms with Crippen molar-refractivity contribution in [3.63, 3.8) is 0 Å². The van der Waals surface area contributed by atoms with Crippen LogP contribution in [0.3, 0.4) is 0 Å². The molecule has 12 nitrogen and oxygen atoms in total. The largest absolute Gasteiger partial charge is 0.461 e. The number of urea groups is 1. The topological polar surface area (TPSA) is 177 Å². The van der Waals surface area contributed by atoms with Crippen LogP contribution >= 0.6 is 0 Å². The van der Waals surface area contributed by atoms with Crippen molar-refractivity contribution in [1.82, 2.24) is 15.5 Å². The summed E-state index contributed by atoms with van der Waals surface area (Å²) in [6, 6.07) is 2.62. The number of primary amides is 1. The molecule has 4 unspecified atom stereocenters. The molecular formula is C37H56F3N5O7. The summed E-state index contributed by atoms with van der Waals surface area (Å²) in [6.07, 6.45) is -3.86. The Morgan fingerprint density at radius 2 is 1.60 bits per heavy atom. The fraction of sp³-hybridized carbons (Fsp3) is 0.676. The van der Waals surface area contributed by atoms with Crippen molar-refractivity contribution in [2.24, 2.45) is 35.3 Å². The summed E-state index contributed by atoms with van der Waals surface area (Å²) in [5.41, 5.74) is 6.24. The number of benzene rings is 1. The maximum absolute atomic E-state index is 14.2. The average molecular weight is 740 g/mol. The average Bonchev–Trinajstić information content (AvgIpc) is 3.34. The highest BCUT2D eigenvalue weighted by atomic mass is 19.4. The summed E-state index contributed by atoms with van der Waals surface area (Å²) in [5.74, 6) is -3.99. The molecule has 0 saturated carbocycles. The van der Waals surface area contributed by atoms with Gasteiger partial charge in [-0.3, -0.25) is 34.2 Å². The first-order chi connectivity index (χ1) is 24.3. The van der Waals surface area contributed by atoms with Crippen LogP contribution in [-0.2, 0) is 35.3 Å². The lowest BCUT2D eigenvalue weighted by molar-refractivity contribution is -0.161. The van der Waals surface area contributed by atoms with Crippen molar-refractivity contribution in [1.29, 1.82) is 0 Å². The van der Waals surface area contributed by atoms with Crippen LogP contribution in [0.2, 0.25) is 0 Å². The molecule has 1 aromatic carbocycles. The second kappa shape index (κ2) is 20.9. The van der Waals surface area contributed by atoms with Crippen molar-refractivity contribution < 1.29 is 46.7 Å². The molecule has 1 fully saturated rings. The van der Waals surface area contributed by atoms with Crippen LogP contribution in [0.15, 0.2) is 24.3 Å². The van der Waals surface area contributed by atoms with Gasteiger partial charge in [-0.2, -0.15) is 13.2 Å². The smallest absolute Gasteiger partial charge is 0.403 e. The number of rotatable bonds is 22. The number of hydrogen-bond acceptors (Lipinski definition) is 8. The minimum absolute atomic E-state index is 0.0209. The third kappa shape index (κ3) is 14.5. The number of alkyl halides is 3. The Morgan fingerprint density at radius 1 is 0.942 bits per heavy atom. The molecular weight excluding hydrogens is 683 g/mol. The lowest BCUT2D eigenvalue weighted by Gasteiger charge is -2.30. The highest BCUT2D eigenvalue weighted by Gasteiger charge is 2.42. The normalized spacial score (nSPS) is 16.7. The van der Waals surface area contributed by atoms with Crippen LogP contribution in [-0.4, -0.2) is 71.8 Å². The Kier molecular flexibility index (Phi) is 17.7. The number of nitrogens with one attached hydrogen (secondary N) is 3. The summed E-state index contributed by atoms with van der Waals surface area (Å²) < 4.78 is 47.9. The van der Waals surface area contributed by atoms with Crippen molar-refractivity contribution in [3.05, 3.63) is 29.8 Å². The number of nitrogens with zero attached hydrogens (tertiary/aromatic N) is 1. The van der Waals surface area contributed by atoms with Gasteiger partial charge < -0.3 is 21.1 Å². The van der Waals surface area contributed by atoms with Gasteiger partial charge in [0.1, 0.15) is 12.6 Å². The molecule has 0 aromatic heterocycles. The van der Waals surface area contributed by atoms with Crippen molar-refractivity contribution in [2.45, 2.75) is 118 Å². The molecule has 1 aromatic rings. The molecule has 1 saturated heterocycles. The van der Waals surface area contributed by atoms with Gasteiger partial charge in [0, 0.05) is 43.5 Å². The van der Waals surface area contributed by atoms with E-state index >= 15 is 0 Å². The Hall–Kier alpha value is -4.01. The summed E-state index contributed by atoms with van der Waals surface area (Å²) >= 11 is 0. The van der Waals surface area contributed by atoms with E-state index in [1.807, 2.05) is 13.8 Å². The SMILES string of the molecule is CC(C)C(=O)OCc1ccc(NC(=O)C(CCCNC(N)=O)CC(=O)C(NC(CCCCCN2C(=O)CC(C(C)C)C2=O)C(F)(F)F)C(C)C)cc1. The summed E-state index contributed by atoms with van der Waals surface area (Å²) in [4.78, 5) is 76.0. The lowest BCUT2D eigenvalue weighted by Crippen LogP contribution is -2.52. The Labute approximate surface area is 304 Å². The monoisotopic (exact) mass is 739 g/mol. The molecule has 1 heterocycles. The quantitative estimate of drug-likeness (QED) is 0.0686. The van der Waals surface area contributed by atoms with Gasteiger partial charge in [0.05, 0.1) is 12.0 Å². The zero-order chi connectivity index (χ0) is 39.2. The maximum Gasteiger partial charge on any atom is 0.403 e. The van der Waals surface area contributed by atoms with E-state index in [2.05, 4.69) is 16.0 Å². The number of hydrogen-bond donors (Lipinski definition) is 4. The summed E-state index contributed by atoms with van der Waals surface area (Å²) in [7, 11) is 0. The van der Waals surface area contributed by atoms with E-state index in [1.54, 1.807) is 52.0 Å². The predicted octanol–water partition coefficient (Wildman–Crippen LogP) is 5.48. The molecule has 52 heavy (non-hydrogen) atoms. The molecule has 15 heteroatoms. The van der Waals surface area contributed by atoms with Gasteiger partial charge in [0.2, 0.25) is 17.7 Å². The number of Topliss-reactive ketones (excluding diaryl/α,β-unsaturated/α-hetero) is 1. The van der Waals surface area contributed by atoms with Crippen molar-refractivity contribution >= 4 is 41.2 Å². The Balaban J connectivity index is 2.06. The van der Waals surface area contributed by atoms with Gasteiger partial charge >= 0.3 is 18.2 Å². The van der Waals surface area contributed by atoms with Crippen LogP contribution in [0.25, 0.3) is 0 Å². The molecule has 4 atom stereocenters. The highest BCUT2D eigenvalue weighted by Crippen LogP contribution is 2.29.